The molecule has 0 amide bonds. The molecule has 0 fully saturated rings. The van der Waals surface area contributed by atoms with Gasteiger partial charge in [-0.15, -0.1) is 0 Å². The first-order valence-electron chi connectivity index (χ1n) is 5.23. The Kier molecular flexibility index (Phi) is 4.05. The van der Waals surface area contributed by atoms with Gasteiger partial charge in [-0.1, -0.05) is 34.4 Å². The summed E-state index contributed by atoms with van der Waals surface area (Å²) in [7, 11) is 0. The van der Waals surface area contributed by atoms with Gasteiger partial charge in [-0.05, 0) is 18.6 Å². The van der Waals surface area contributed by atoms with E-state index in [0.717, 1.165) is 0 Å². The number of aryl methyl sites for hydroxylation is 1. The van der Waals surface area contributed by atoms with E-state index in [9.17, 15) is 0 Å². The third-order valence-corrected chi connectivity index (χ3v) is 2.99. The summed E-state index contributed by atoms with van der Waals surface area (Å²) in [5.74, 6) is 0.713. The van der Waals surface area contributed by atoms with Gasteiger partial charge in [0, 0.05) is 24.7 Å². The molecule has 1 aromatic heterocycles. The van der Waals surface area contributed by atoms with E-state index in [1.807, 2.05) is 0 Å². The van der Waals surface area contributed by atoms with Crippen molar-refractivity contribution in [3.63, 3.8) is 0 Å². The number of aromatic nitrogens is 1. The van der Waals surface area contributed by atoms with Gasteiger partial charge in [0.25, 0.3) is 0 Å². The largest absolute Gasteiger partial charge is 0.396 e. The number of nitrogens with zero attached hydrogens (tertiary/aromatic N) is 1. The number of aliphatic hydroxyl groups excluding tert-OH is 1. The van der Waals surface area contributed by atoms with Crippen LogP contribution in [0.4, 0.5) is 0 Å². The first kappa shape index (κ1) is 12.4. The Morgan fingerprint density at radius 2 is 1.94 bits per heavy atom. The lowest BCUT2D eigenvalue weighted by Crippen LogP contribution is -1.86. The Bertz CT molecular complexity index is 491. The van der Waals surface area contributed by atoms with E-state index in [1.165, 1.54) is 0 Å². The zero-order valence-corrected chi connectivity index (χ0v) is 10.5. The number of benzene rings is 1. The standard InChI is InChI=1S/C12H11Cl2NO2/c13-9-4-1-5-10(14)12(9)11-7-8(17-15-11)3-2-6-16/h1,4-5,7,16H,2-3,6H2. The molecule has 2 rings (SSSR count). The Morgan fingerprint density at radius 3 is 2.59 bits per heavy atom. The summed E-state index contributed by atoms with van der Waals surface area (Å²) in [6.45, 7) is 0.128. The van der Waals surface area contributed by atoms with Crippen molar-refractivity contribution in [2.75, 3.05) is 6.61 Å². The van der Waals surface area contributed by atoms with Gasteiger partial charge in [0.15, 0.2) is 0 Å². The highest BCUT2D eigenvalue weighted by atomic mass is 35.5. The van der Waals surface area contributed by atoms with Crippen LogP contribution in [0, 0.1) is 0 Å². The maximum atomic E-state index is 8.74. The SMILES string of the molecule is OCCCc1cc(-c2c(Cl)cccc2Cl)no1. The van der Waals surface area contributed by atoms with Crippen LogP contribution in [0.25, 0.3) is 11.3 Å². The topological polar surface area (TPSA) is 46.3 Å². The van der Waals surface area contributed by atoms with Crippen LogP contribution in [0.15, 0.2) is 28.8 Å². The molecule has 0 atom stereocenters. The summed E-state index contributed by atoms with van der Waals surface area (Å²) in [5.41, 5.74) is 1.29. The van der Waals surface area contributed by atoms with Gasteiger partial charge in [0.05, 0.1) is 10.0 Å². The molecular weight excluding hydrogens is 261 g/mol. The van der Waals surface area contributed by atoms with E-state index in [1.54, 1.807) is 24.3 Å². The smallest absolute Gasteiger partial charge is 0.137 e. The van der Waals surface area contributed by atoms with Crippen molar-refractivity contribution >= 4 is 23.2 Å². The monoisotopic (exact) mass is 271 g/mol. The Balaban J connectivity index is 2.30. The van der Waals surface area contributed by atoms with Crippen LogP contribution in [0.1, 0.15) is 12.2 Å². The van der Waals surface area contributed by atoms with Crippen LogP contribution in [0.3, 0.4) is 0 Å². The molecule has 1 heterocycles. The third-order valence-electron chi connectivity index (χ3n) is 2.36. The van der Waals surface area contributed by atoms with Crippen molar-refractivity contribution in [1.29, 1.82) is 0 Å². The molecule has 0 aliphatic rings. The van der Waals surface area contributed by atoms with E-state index in [0.29, 0.717) is 39.9 Å². The number of halogens is 2. The molecule has 5 heteroatoms. The van der Waals surface area contributed by atoms with Crippen molar-refractivity contribution in [3.05, 3.63) is 40.1 Å². The minimum atomic E-state index is 0.128. The number of aliphatic hydroxyl groups is 1. The second-order valence-electron chi connectivity index (χ2n) is 3.60. The van der Waals surface area contributed by atoms with Crippen molar-refractivity contribution in [1.82, 2.24) is 5.16 Å². The zero-order chi connectivity index (χ0) is 12.3. The molecule has 3 nitrogen and oxygen atoms in total. The molecule has 2 aromatic rings. The van der Waals surface area contributed by atoms with E-state index < -0.39 is 0 Å². The molecule has 0 spiro atoms. The molecule has 0 unspecified atom stereocenters. The van der Waals surface area contributed by atoms with Gasteiger partial charge in [-0.3, -0.25) is 0 Å². The lowest BCUT2D eigenvalue weighted by atomic mass is 10.1. The molecule has 1 aromatic carbocycles. The zero-order valence-electron chi connectivity index (χ0n) is 8.99. The molecule has 90 valence electrons. The summed E-state index contributed by atoms with van der Waals surface area (Å²) >= 11 is 12.1. The summed E-state index contributed by atoms with van der Waals surface area (Å²) in [6.07, 6.45) is 1.29. The van der Waals surface area contributed by atoms with Gasteiger partial charge < -0.3 is 9.63 Å². The Labute approximate surface area is 109 Å². The summed E-state index contributed by atoms with van der Waals surface area (Å²) in [6, 6.07) is 7.08. The van der Waals surface area contributed by atoms with Gasteiger partial charge >= 0.3 is 0 Å². The summed E-state index contributed by atoms with van der Waals surface area (Å²) in [4.78, 5) is 0. The Morgan fingerprint density at radius 1 is 1.24 bits per heavy atom. The maximum absolute atomic E-state index is 8.74. The van der Waals surface area contributed by atoms with E-state index in [4.69, 9.17) is 32.8 Å². The van der Waals surface area contributed by atoms with E-state index in [2.05, 4.69) is 5.16 Å². The molecule has 0 aliphatic carbocycles. The summed E-state index contributed by atoms with van der Waals surface area (Å²) < 4.78 is 5.15. The van der Waals surface area contributed by atoms with Crippen LogP contribution in [0.5, 0.6) is 0 Å². The molecule has 0 bridgehead atoms. The van der Waals surface area contributed by atoms with Crippen LogP contribution < -0.4 is 0 Å². The number of rotatable bonds is 4. The lowest BCUT2D eigenvalue weighted by molar-refractivity contribution is 0.280. The highest BCUT2D eigenvalue weighted by molar-refractivity contribution is 6.39. The normalized spacial score (nSPS) is 10.8. The second-order valence-corrected chi connectivity index (χ2v) is 4.42. The maximum Gasteiger partial charge on any atom is 0.137 e. The van der Waals surface area contributed by atoms with Crippen LogP contribution in [-0.2, 0) is 6.42 Å². The average molecular weight is 272 g/mol. The molecule has 1 N–H and O–H groups in total. The van der Waals surface area contributed by atoms with Crippen molar-refractivity contribution < 1.29 is 9.63 Å². The first-order valence-corrected chi connectivity index (χ1v) is 5.99. The van der Waals surface area contributed by atoms with Gasteiger partial charge in [-0.2, -0.15) is 0 Å². The van der Waals surface area contributed by atoms with Gasteiger partial charge in [0.1, 0.15) is 11.5 Å². The Hall–Kier alpha value is -1.03. The van der Waals surface area contributed by atoms with Crippen molar-refractivity contribution in [2.45, 2.75) is 12.8 Å². The predicted octanol–water partition coefficient (Wildman–Crippen LogP) is 3.57. The number of hydrogen-bond acceptors (Lipinski definition) is 3. The summed E-state index contributed by atoms with van der Waals surface area (Å²) in [5, 5.41) is 13.8. The predicted molar refractivity (Wildman–Crippen MR) is 67.4 cm³/mol. The minimum Gasteiger partial charge on any atom is -0.396 e. The molecule has 0 saturated carbocycles. The van der Waals surface area contributed by atoms with Crippen LogP contribution in [-0.4, -0.2) is 16.9 Å². The van der Waals surface area contributed by atoms with Crippen molar-refractivity contribution in [3.8, 4) is 11.3 Å². The average Bonchev–Trinajstić information content (AvgIpc) is 2.75. The molecule has 0 radical (unpaired) electrons. The first-order chi connectivity index (χ1) is 8.22. The van der Waals surface area contributed by atoms with E-state index >= 15 is 0 Å². The van der Waals surface area contributed by atoms with Gasteiger partial charge in [0.2, 0.25) is 0 Å². The fourth-order valence-corrected chi connectivity index (χ4v) is 2.14. The highest BCUT2D eigenvalue weighted by Crippen LogP contribution is 2.34. The lowest BCUT2D eigenvalue weighted by Gasteiger charge is -2.01. The van der Waals surface area contributed by atoms with Gasteiger partial charge in [-0.25, -0.2) is 0 Å². The van der Waals surface area contributed by atoms with Crippen LogP contribution in [0.2, 0.25) is 10.0 Å². The molecular formula is C12H11Cl2NO2. The third kappa shape index (κ3) is 2.80. The number of hydrogen-bond donors (Lipinski definition) is 1. The fraction of sp³-hybridized carbons (Fsp3) is 0.250. The minimum absolute atomic E-state index is 0.128. The fourth-order valence-electron chi connectivity index (χ4n) is 1.54. The molecule has 0 aliphatic heterocycles. The highest BCUT2D eigenvalue weighted by Gasteiger charge is 2.13. The van der Waals surface area contributed by atoms with Crippen molar-refractivity contribution in [2.24, 2.45) is 0 Å². The molecule has 17 heavy (non-hydrogen) atoms. The molecule has 0 saturated heterocycles. The quantitative estimate of drug-likeness (QED) is 0.925. The van der Waals surface area contributed by atoms with Crippen LogP contribution >= 0.6 is 23.2 Å². The second kappa shape index (κ2) is 5.54. The van der Waals surface area contributed by atoms with E-state index in [-0.39, 0.29) is 6.61 Å².